The van der Waals surface area contributed by atoms with Crippen LogP contribution in [-0.2, 0) is 0 Å². The van der Waals surface area contributed by atoms with Crippen molar-refractivity contribution in [3.8, 4) is 0 Å². The quantitative estimate of drug-likeness (QED) is 0.786. The Labute approximate surface area is 99.4 Å². The van der Waals surface area contributed by atoms with Crippen molar-refractivity contribution < 1.29 is 5.11 Å². The van der Waals surface area contributed by atoms with E-state index in [2.05, 4.69) is 23.9 Å². The molecule has 0 aromatic heterocycles. The summed E-state index contributed by atoms with van der Waals surface area (Å²) in [5.74, 6) is 0. The van der Waals surface area contributed by atoms with E-state index in [0.29, 0.717) is 12.1 Å². The fraction of sp³-hybridized carbons (Fsp3) is 1.00. The van der Waals surface area contributed by atoms with Crippen LogP contribution in [0.5, 0.6) is 0 Å². The van der Waals surface area contributed by atoms with Crippen molar-refractivity contribution in [1.82, 2.24) is 9.80 Å². The number of hydrogen-bond donors (Lipinski definition) is 1. The van der Waals surface area contributed by atoms with Gasteiger partial charge in [0, 0.05) is 18.6 Å². The van der Waals surface area contributed by atoms with Gasteiger partial charge in [0.1, 0.15) is 0 Å². The van der Waals surface area contributed by atoms with E-state index in [1.165, 1.54) is 38.6 Å². The van der Waals surface area contributed by atoms with Crippen LogP contribution in [-0.4, -0.2) is 60.3 Å². The van der Waals surface area contributed by atoms with Gasteiger partial charge < -0.3 is 10.0 Å². The van der Waals surface area contributed by atoms with E-state index < -0.39 is 0 Å². The van der Waals surface area contributed by atoms with Gasteiger partial charge in [-0.1, -0.05) is 12.8 Å². The summed E-state index contributed by atoms with van der Waals surface area (Å²) in [5, 5.41) is 10.0. The first-order valence-corrected chi connectivity index (χ1v) is 6.77. The lowest BCUT2D eigenvalue weighted by atomic mass is 9.91. The van der Waals surface area contributed by atoms with Crippen LogP contribution < -0.4 is 0 Å². The number of rotatable bonds is 3. The lowest BCUT2D eigenvalue weighted by molar-refractivity contribution is 0.0238. The molecule has 2 rings (SSSR count). The SMILES string of the molecule is CN1CCCC1CN(C)[C@H]1CCCC[C@@H]1O. The first-order valence-electron chi connectivity index (χ1n) is 6.77. The van der Waals surface area contributed by atoms with Gasteiger partial charge in [-0.25, -0.2) is 0 Å². The van der Waals surface area contributed by atoms with Gasteiger partial charge in [-0.05, 0) is 46.3 Å². The summed E-state index contributed by atoms with van der Waals surface area (Å²) in [4.78, 5) is 4.86. The highest BCUT2D eigenvalue weighted by Crippen LogP contribution is 2.24. The Morgan fingerprint density at radius 3 is 2.56 bits per heavy atom. The lowest BCUT2D eigenvalue weighted by Gasteiger charge is -2.37. The number of aliphatic hydroxyl groups is 1. The minimum atomic E-state index is -0.0922. The fourth-order valence-electron chi connectivity index (χ4n) is 3.28. The van der Waals surface area contributed by atoms with Gasteiger partial charge in [0.25, 0.3) is 0 Å². The van der Waals surface area contributed by atoms with Gasteiger partial charge in [0.05, 0.1) is 6.10 Å². The molecule has 3 heteroatoms. The molecule has 0 bridgehead atoms. The molecule has 1 N–H and O–H groups in total. The summed E-state index contributed by atoms with van der Waals surface area (Å²) in [6, 6.07) is 1.11. The second-order valence-corrected chi connectivity index (χ2v) is 5.64. The van der Waals surface area contributed by atoms with Crippen molar-refractivity contribution in [2.75, 3.05) is 27.2 Å². The van der Waals surface area contributed by atoms with Crippen molar-refractivity contribution in [1.29, 1.82) is 0 Å². The van der Waals surface area contributed by atoms with E-state index in [0.717, 1.165) is 13.0 Å². The molecule has 0 spiro atoms. The maximum absolute atomic E-state index is 10.0. The van der Waals surface area contributed by atoms with Crippen LogP contribution in [0.1, 0.15) is 38.5 Å². The predicted octanol–water partition coefficient (Wildman–Crippen LogP) is 1.32. The molecule has 0 aromatic rings. The molecule has 2 aliphatic rings. The van der Waals surface area contributed by atoms with E-state index in [-0.39, 0.29) is 6.10 Å². The summed E-state index contributed by atoms with van der Waals surface area (Å²) in [7, 11) is 4.41. The largest absolute Gasteiger partial charge is 0.391 e. The average Bonchev–Trinajstić information content (AvgIpc) is 2.65. The first kappa shape index (κ1) is 12.3. The molecule has 16 heavy (non-hydrogen) atoms. The number of nitrogens with zero attached hydrogens (tertiary/aromatic N) is 2. The van der Waals surface area contributed by atoms with E-state index in [9.17, 15) is 5.11 Å². The molecule has 3 atom stereocenters. The molecule has 1 aliphatic heterocycles. The smallest absolute Gasteiger partial charge is 0.0695 e. The molecular weight excluding hydrogens is 200 g/mol. The minimum absolute atomic E-state index is 0.0922. The van der Waals surface area contributed by atoms with Gasteiger partial charge in [0.2, 0.25) is 0 Å². The molecule has 1 heterocycles. The highest BCUT2D eigenvalue weighted by molar-refractivity contribution is 4.86. The number of hydrogen-bond acceptors (Lipinski definition) is 3. The summed E-state index contributed by atoms with van der Waals surface area (Å²) in [6.45, 7) is 2.37. The molecule has 3 nitrogen and oxygen atoms in total. The van der Waals surface area contributed by atoms with Crippen molar-refractivity contribution >= 4 is 0 Å². The van der Waals surface area contributed by atoms with E-state index in [1.54, 1.807) is 0 Å². The molecule has 0 radical (unpaired) electrons. The Hall–Kier alpha value is -0.120. The number of likely N-dealkylation sites (N-methyl/N-ethyl adjacent to an activating group) is 2. The van der Waals surface area contributed by atoms with Gasteiger partial charge in [0.15, 0.2) is 0 Å². The standard InChI is InChI=1S/C13H26N2O/c1-14-9-5-6-11(14)10-15(2)12-7-3-4-8-13(12)16/h11-13,16H,3-10H2,1-2H3/t11?,12-,13-/m0/s1. The van der Waals surface area contributed by atoms with Crippen LogP contribution in [0.2, 0.25) is 0 Å². The Morgan fingerprint density at radius 1 is 1.19 bits per heavy atom. The van der Waals surface area contributed by atoms with E-state index >= 15 is 0 Å². The van der Waals surface area contributed by atoms with E-state index in [4.69, 9.17) is 0 Å². The second-order valence-electron chi connectivity index (χ2n) is 5.64. The third kappa shape index (κ3) is 2.76. The molecule has 2 fully saturated rings. The van der Waals surface area contributed by atoms with Crippen molar-refractivity contribution in [2.24, 2.45) is 0 Å². The molecular formula is C13H26N2O. The Balaban J connectivity index is 1.84. The Kier molecular flexibility index (Phi) is 4.22. The summed E-state index contributed by atoms with van der Waals surface area (Å²) in [5.41, 5.74) is 0. The van der Waals surface area contributed by atoms with Gasteiger partial charge in [-0.15, -0.1) is 0 Å². The van der Waals surface area contributed by atoms with Crippen molar-refractivity contribution in [3.63, 3.8) is 0 Å². The minimum Gasteiger partial charge on any atom is -0.391 e. The highest BCUT2D eigenvalue weighted by atomic mass is 16.3. The fourth-order valence-corrected chi connectivity index (χ4v) is 3.28. The van der Waals surface area contributed by atoms with Crippen LogP contribution >= 0.6 is 0 Å². The van der Waals surface area contributed by atoms with Crippen LogP contribution in [0.3, 0.4) is 0 Å². The molecule has 1 saturated carbocycles. The van der Waals surface area contributed by atoms with Crippen LogP contribution in [0.15, 0.2) is 0 Å². The normalized spacial score (nSPS) is 37.1. The monoisotopic (exact) mass is 226 g/mol. The van der Waals surface area contributed by atoms with Crippen LogP contribution in [0.4, 0.5) is 0 Å². The van der Waals surface area contributed by atoms with Crippen molar-refractivity contribution in [2.45, 2.75) is 56.7 Å². The van der Waals surface area contributed by atoms with Gasteiger partial charge in [-0.3, -0.25) is 4.90 Å². The number of aliphatic hydroxyl groups excluding tert-OH is 1. The van der Waals surface area contributed by atoms with Gasteiger partial charge in [-0.2, -0.15) is 0 Å². The maximum atomic E-state index is 10.0. The molecule has 1 aliphatic carbocycles. The molecule has 1 unspecified atom stereocenters. The molecule has 1 saturated heterocycles. The first-order chi connectivity index (χ1) is 7.68. The number of likely N-dealkylation sites (tertiary alicyclic amines) is 1. The molecule has 94 valence electrons. The van der Waals surface area contributed by atoms with Crippen LogP contribution in [0, 0.1) is 0 Å². The Bertz CT molecular complexity index is 222. The third-order valence-electron chi connectivity index (χ3n) is 4.43. The lowest BCUT2D eigenvalue weighted by Crippen LogP contribution is -2.47. The zero-order valence-corrected chi connectivity index (χ0v) is 10.7. The zero-order valence-electron chi connectivity index (χ0n) is 10.7. The summed E-state index contributed by atoms with van der Waals surface area (Å²) in [6.07, 6.45) is 7.22. The molecule has 0 amide bonds. The predicted molar refractivity (Wildman–Crippen MR) is 66.5 cm³/mol. The third-order valence-corrected chi connectivity index (χ3v) is 4.43. The zero-order chi connectivity index (χ0) is 11.5. The summed E-state index contributed by atoms with van der Waals surface area (Å²) < 4.78 is 0. The Morgan fingerprint density at radius 2 is 1.94 bits per heavy atom. The van der Waals surface area contributed by atoms with Gasteiger partial charge >= 0.3 is 0 Å². The molecule has 0 aromatic carbocycles. The second kappa shape index (κ2) is 5.48. The van der Waals surface area contributed by atoms with Crippen molar-refractivity contribution in [3.05, 3.63) is 0 Å². The van der Waals surface area contributed by atoms with Crippen LogP contribution in [0.25, 0.3) is 0 Å². The summed E-state index contributed by atoms with van der Waals surface area (Å²) >= 11 is 0. The topological polar surface area (TPSA) is 26.7 Å². The van der Waals surface area contributed by atoms with E-state index in [1.807, 2.05) is 0 Å². The average molecular weight is 226 g/mol. The maximum Gasteiger partial charge on any atom is 0.0695 e. The highest BCUT2D eigenvalue weighted by Gasteiger charge is 2.29.